The number of carbonyl (C=O) groups excluding carboxylic acids is 2. The van der Waals surface area contributed by atoms with E-state index in [1.54, 1.807) is 0 Å². The van der Waals surface area contributed by atoms with Crippen LogP contribution in [0.3, 0.4) is 0 Å². The summed E-state index contributed by atoms with van der Waals surface area (Å²) >= 11 is 0. The van der Waals surface area contributed by atoms with Crippen LogP contribution in [0.2, 0.25) is 0 Å². The predicted octanol–water partition coefficient (Wildman–Crippen LogP) is 0.958. The van der Waals surface area contributed by atoms with Crippen LogP contribution in [0.4, 0.5) is 0 Å². The average Bonchev–Trinajstić information content (AvgIpc) is 2.81. The molecule has 0 radical (unpaired) electrons. The zero-order chi connectivity index (χ0) is 9.42. The first kappa shape index (κ1) is 8.48. The van der Waals surface area contributed by atoms with E-state index in [2.05, 4.69) is 6.92 Å². The Balaban J connectivity index is 1.89. The molecule has 0 aromatic carbocycles. The first-order valence-electron chi connectivity index (χ1n) is 4.76. The van der Waals surface area contributed by atoms with Crippen LogP contribution >= 0.6 is 0 Å². The summed E-state index contributed by atoms with van der Waals surface area (Å²) in [6.07, 6.45) is 5.04. The molecule has 1 fully saturated rings. The molecule has 0 aromatic rings. The van der Waals surface area contributed by atoms with E-state index in [0.29, 0.717) is 12.5 Å². The molecule has 2 amide bonds. The fourth-order valence-corrected chi connectivity index (χ4v) is 1.88. The Kier molecular flexibility index (Phi) is 1.94. The Morgan fingerprint density at radius 2 is 1.92 bits per heavy atom. The van der Waals surface area contributed by atoms with Crippen molar-refractivity contribution in [2.24, 2.45) is 11.8 Å². The zero-order valence-electron chi connectivity index (χ0n) is 7.69. The van der Waals surface area contributed by atoms with Crippen LogP contribution < -0.4 is 0 Å². The lowest BCUT2D eigenvalue weighted by molar-refractivity contribution is -0.137. The van der Waals surface area contributed by atoms with Gasteiger partial charge in [0.05, 0.1) is 0 Å². The lowest BCUT2D eigenvalue weighted by atomic mass is 10.2. The summed E-state index contributed by atoms with van der Waals surface area (Å²) < 4.78 is 0. The third-order valence-electron chi connectivity index (χ3n) is 2.91. The minimum Gasteiger partial charge on any atom is -0.275 e. The monoisotopic (exact) mass is 179 g/mol. The molecule has 0 bridgehead atoms. The predicted molar refractivity (Wildman–Crippen MR) is 47.7 cm³/mol. The molecule has 3 heteroatoms. The second kappa shape index (κ2) is 2.98. The van der Waals surface area contributed by atoms with Crippen molar-refractivity contribution in [1.82, 2.24) is 4.90 Å². The number of nitrogens with zero attached hydrogens (tertiary/aromatic N) is 1. The molecule has 0 aromatic heterocycles. The molecule has 2 aliphatic rings. The highest BCUT2D eigenvalue weighted by Crippen LogP contribution is 2.41. The van der Waals surface area contributed by atoms with Gasteiger partial charge in [0.25, 0.3) is 11.8 Å². The average molecular weight is 179 g/mol. The van der Waals surface area contributed by atoms with Crippen molar-refractivity contribution in [2.45, 2.75) is 19.8 Å². The Hall–Kier alpha value is -1.12. The highest BCUT2D eigenvalue weighted by atomic mass is 16.2. The van der Waals surface area contributed by atoms with E-state index < -0.39 is 0 Å². The maximum atomic E-state index is 11.2. The summed E-state index contributed by atoms with van der Waals surface area (Å²) in [5, 5.41) is 0. The molecule has 3 nitrogen and oxygen atoms in total. The van der Waals surface area contributed by atoms with Crippen molar-refractivity contribution >= 4 is 11.8 Å². The van der Waals surface area contributed by atoms with Crippen molar-refractivity contribution in [3.8, 4) is 0 Å². The van der Waals surface area contributed by atoms with Gasteiger partial charge in [0.2, 0.25) is 0 Å². The number of hydrogen-bond donors (Lipinski definition) is 0. The van der Waals surface area contributed by atoms with Gasteiger partial charge < -0.3 is 0 Å². The van der Waals surface area contributed by atoms with Crippen molar-refractivity contribution in [3.05, 3.63) is 12.2 Å². The van der Waals surface area contributed by atoms with Gasteiger partial charge >= 0.3 is 0 Å². The molecule has 0 saturated heterocycles. The standard InChI is InChI=1S/C10H13NO2/c1-2-7-5-8(7)6-11-9(12)3-4-10(11)13/h3-4,7-8H,2,5-6H2,1H3. The van der Waals surface area contributed by atoms with Gasteiger partial charge in [-0.1, -0.05) is 13.3 Å². The molecule has 2 atom stereocenters. The van der Waals surface area contributed by atoms with Gasteiger partial charge in [-0.25, -0.2) is 0 Å². The summed E-state index contributed by atoms with van der Waals surface area (Å²) in [5.41, 5.74) is 0. The molecular weight excluding hydrogens is 166 g/mol. The van der Waals surface area contributed by atoms with Crippen molar-refractivity contribution < 1.29 is 9.59 Å². The van der Waals surface area contributed by atoms with E-state index in [9.17, 15) is 9.59 Å². The summed E-state index contributed by atoms with van der Waals surface area (Å²) in [6, 6.07) is 0. The molecule has 1 aliphatic carbocycles. The minimum atomic E-state index is -0.147. The second-order valence-electron chi connectivity index (χ2n) is 3.78. The summed E-state index contributed by atoms with van der Waals surface area (Å²) in [6.45, 7) is 2.78. The molecule has 0 spiro atoms. The molecular formula is C10H13NO2. The van der Waals surface area contributed by atoms with E-state index in [1.807, 2.05) is 0 Å². The number of carbonyl (C=O) groups is 2. The molecule has 2 unspecified atom stereocenters. The third kappa shape index (κ3) is 1.50. The lowest BCUT2D eigenvalue weighted by Gasteiger charge is -2.12. The second-order valence-corrected chi connectivity index (χ2v) is 3.78. The quantitative estimate of drug-likeness (QED) is 0.605. The number of rotatable bonds is 3. The Labute approximate surface area is 77.4 Å². The van der Waals surface area contributed by atoms with Crippen LogP contribution in [0, 0.1) is 11.8 Å². The summed E-state index contributed by atoms with van der Waals surface area (Å²) in [4.78, 5) is 23.7. The SMILES string of the molecule is CCC1CC1CN1C(=O)C=CC1=O. The lowest BCUT2D eigenvalue weighted by Crippen LogP contribution is -2.32. The zero-order valence-corrected chi connectivity index (χ0v) is 7.69. The molecule has 1 aliphatic heterocycles. The van der Waals surface area contributed by atoms with Crippen LogP contribution in [0.1, 0.15) is 19.8 Å². The fourth-order valence-electron chi connectivity index (χ4n) is 1.88. The van der Waals surface area contributed by atoms with Crippen LogP contribution in [0.25, 0.3) is 0 Å². The van der Waals surface area contributed by atoms with Gasteiger partial charge in [-0.15, -0.1) is 0 Å². The van der Waals surface area contributed by atoms with Gasteiger partial charge in [-0.3, -0.25) is 14.5 Å². The van der Waals surface area contributed by atoms with Crippen LogP contribution in [-0.4, -0.2) is 23.3 Å². The van der Waals surface area contributed by atoms with Crippen LogP contribution in [0.15, 0.2) is 12.2 Å². The van der Waals surface area contributed by atoms with Crippen LogP contribution in [-0.2, 0) is 9.59 Å². The first-order valence-corrected chi connectivity index (χ1v) is 4.76. The maximum absolute atomic E-state index is 11.2. The highest BCUT2D eigenvalue weighted by molar-refractivity contribution is 6.12. The van der Waals surface area contributed by atoms with Gasteiger partial charge in [-0.05, 0) is 18.3 Å². The molecule has 2 rings (SSSR count). The number of imide groups is 1. The normalized spacial score (nSPS) is 31.6. The van der Waals surface area contributed by atoms with E-state index in [0.717, 1.165) is 12.3 Å². The smallest absolute Gasteiger partial charge is 0.253 e. The van der Waals surface area contributed by atoms with Crippen molar-refractivity contribution in [1.29, 1.82) is 0 Å². The van der Waals surface area contributed by atoms with E-state index in [4.69, 9.17) is 0 Å². The molecule has 1 saturated carbocycles. The van der Waals surface area contributed by atoms with E-state index in [-0.39, 0.29) is 11.8 Å². The van der Waals surface area contributed by atoms with E-state index >= 15 is 0 Å². The van der Waals surface area contributed by atoms with Crippen LogP contribution in [0.5, 0.6) is 0 Å². The molecule has 70 valence electrons. The largest absolute Gasteiger partial charge is 0.275 e. The van der Waals surface area contributed by atoms with Gasteiger partial charge in [0.1, 0.15) is 0 Å². The van der Waals surface area contributed by atoms with Crippen molar-refractivity contribution in [3.63, 3.8) is 0 Å². The first-order chi connectivity index (χ1) is 6.22. The van der Waals surface area contributed by atoms with E-state index in [1.165, 1.54) is 23.5 Å². The van der Waals surface area contributed by atoms with Gasteiger partial charge in [-0.2, -0.15) is 0 Å². The Morgan fingerprint density at radius 3 is 2.38 bits per heavy atom. The summed E-state index contributed by atoms with van der Waals surface area (Å²) in [7, 11) is 0. The van der Waals surface area contributed by atoms with Gasteiger partial charge in [0.15, 0.2) is 0 Å². The Morgan fingerprint density at radius 1 is 1.31 bits per heavy atom. The number of amides is 2. The molecule has 0 N–H and O–H groups in total. The summed E-state index contributed by atoms with van der Waals surface area (Å²) in [5.74, 6) is 1.01. The Bertz CT molecular complexity index is 265. The topological polar surface area (TPSA) is 37.4 Å². The van der Waals surface area contributed by atoms with Crippen molar-refractivity contribution in [2.75, 3.05) is 6.54 Å². The number of hydrogen-bond acceptors (Lipinski definition) is 2. The third-order valence-corrected chi connectivity index (χ3v) is 2.91. The van der Waals surface area contributed by atoms with Gasteiger partial charge in [0, 0.05) is 18.7 Å². The molecule has 1 heterocycles. The fraction of sp³-hybridized carbons (Fsp3) is 0.600. The maximum Gasteiger partial charge on any atom is 0.253 e. The highest BCUT2D eigenvalue weighted by Gasteiger charge is 2.39. The molecule has 13 heavy (non-hydrogen) atoms. The minimum absolute atomic E-state index is 0.147.